The molecule has 9 nitrogen and oxygen atoms in total. The molecule has 0 spiro atoms. The fourth-order valence-corrected chi connectivity index (χ4v) is 9.45. The number of ether oxygens (including phenoxy) is 1. The number of carbonyl (C=O) groups is 2. The van der Waals surface area contributed by atoms with Gasteiger partial charge in [-0.05, 0) is 93.6 Å². The zero-order chi connectivity index (χ0) is 37.3. The van der Waals surface area contributed by atoms with Crippen LogP contribution in [0.1, 0.15) is 68.9 Å². The van der Waals surface area contributed by atoms with Gasteiger partial charge >= 0.3 is 0 Å². The minimum absolute atomic E-state index is 0.0660. The summed E-state index contributed by atoms with van der Waals surface area (Å²) in [6.45, 7) is 11.6. The molecule has 2 bridgehead atoms. The van der Waals surface area contributed by atoms with Crippen molar-refractivity contribution < 1.29 is 24.3 Å². The average molecular weight is 711 g/mol. The standard InChI is InChI=1S/C43H58N4O5/c1-26-36-22-33(43(36,4)5)23-37(26)45-42(50)39-38(27(2)48)28(3)52-47(39)24-32-18-13-19-35(40(32)51-8)30-16-12-17-31(21-30)41(49)44-34(25-46(6)7)20-29-14-10-9-11-15-29/h9-19,21,26-28,33-34,36-39,48H,20,22-25H2,1-8H3,(H,44,49)(H,45,50)/t26-,27-,28?,33+,34-,36-,37-,38+,39-/m0/s1. The van der Waals surface area contributed by atoms with Crippen LogP contribution in [0.15, 0.2) is 72.8 Å². The zero-order valence-electron chi connectivity index (χ0n) is 32.1. The van der Waals surface area contributed by atoms with Crippen LogP contribution >= 0.6 is 0 Å². The molecule has 4 aliphatic rings. The molecule has 7 rings (SSSR count). The number of methoxy groups -OCH3 is 1. The number of para-hydroxylation sites is 1. The number of benzene rings is 3. The van der Waals surface area contributed by atoms with Gasteiger partial charge in [-0.15, -0.1) is 0 Å². The minimum Gasteiger partial charge on any atom is -0.496 e. The van der Waals surface area contributed by atoms with Crippen LogP contribution in [0.25, 0.3) is 11.1 Å². The van der Waals surface area contributed by atoms with Crippen molar-refractivity contribution in [2.75, 3.05) is 27.7 Å². The number of hydrogen-bond donors (Lipinski definition) is 3. The Bertz CT molecular complexity index is 1710. The molecule has 3 aromatic carbocycles. The monoisotopic (exact) mass is 710 g/mol. The van der Waals surface area contributed by atoms with Gasteiger partial charge in [0.25, 0.3) is 5.91 Å². The molecule has 3 aromatic rings. The first kappa shape index (κ1) is 38.0. The van der Waals surface area contributed by atoms with Crippen molar-refractivity contribution in [3.63, 3.8) is 0 Å². The molecular formula is C43H58N4O5. The molecule has 1 heterocycles. The van der Waals surface area contributed by atoms with Gasteiger partial charge in [0, 0.05) is 41.2 Å². The smallest absolute Gasteiger partial charge is 0.251 e. The summed E-state index contributed by atoms with van der Waals surface area (Å²) >= 11 is 0. The molecule has 52 heavy (non-hydrogen) atoms. The van der Waals surface area contributed by atoms with Gasteiger partial charge in [-0.2, -0.15) is 5.06 Å². The SMILES string of the molecule is COc1c(CN2OC(C)[C@@H]([C@H](C)O)[C@H]2C(=O)N[C@H]2C[C@H]3C[C@@H]([C@@H]2C)C3(C)C)cccc1-c1cccc(C(=O)N[C@@H](Cc2ccccc2)CN(C)C)c1. The second-order valence-electron chi connectivity index (χ2n) is 16.4. The van der Waals surface area contributed by atoms with Crippen molar-refractivity contribution in [3.05, 3.63) is 89.5 Å². The summed E-state index contributed by atoms with van der Waals surface area (Å²) in [7, 11) is 5.66. The van der Waals surface area contributed by atoms with E-state index in [1.807, 2.05) is 81.7 Å². The van der Waals surface area contributed by atoms with E-state index in [9.17, 15) is 14.7 Å². The molecule has 3 saturated carbocycles. The van der Waals surface area contributed by atoms with E-state index < -0.39 is 18.1 Å². The fourth-order valence-electron chi connectivity index (χ4n) is 9.45. The zero-order valence-corrected chi connectivity index (χ0v) is 32.1. The predicted molar refractivity (Wildman–Crippen MR) is 205 cm³/mol. The summed E-state index contributed by atoms with van der Waals surface area (Å²) in [4.78, 5) is 36.3. The summed E-state index contributed by atoms with van der Waals surface area (Å²) < 4.78 is 6.05. The van der Waals surface area contributed by atoms with E-state index in [1.165, 1.54) is 12.0 Å². The van der Waals surface area contributed by atoms with E-state index in [-0.39, 0.29) is 36.5 Å². The molecule has 1 saturated heterocycles. The van der Waals surface area contributed by atoms with Crippen molar-refractivity contribution in [3.8, 4) is 16.9 Å². The fraction of sp³-hybridized carbons (Fsp3) is 0.535. The lowest BCUT2D eigenvalue weighted by Gasteiger charge is -2.62. The maximum absolute atomic E-state index is 14.2. The van der Waals surface area contributed by atoms with E-state index in [2.05, 4.69) is 48.4 Å². The maximum atomic E-state index is 14.2. The normalized spacial score (nSPS) is 27.8. The number of aliphatic hydroxyl groups excluding tert-OH is 1. The van der Waals surface area contributed by atoms with Gasteiger partial charge in [-0.1, -0.05) is 81.4 Å². The molecule has 2 amide bonds. The first-order chi connectivity index (χ1) is 24.8. The van der Waals surface area contributed by atoms with Crippen molar-refractivity contribution in [2.24, 2.45) is 29.1 Å². The Morgan fingerprint density at radius 1 is 1.04 bits per heavy atom. The first-order valence-corrected chi connectivity index (χ1v) is 19.0. The molecule has 1 unspecified atom stereocenters. The lowest BCUT2D eigenvalue weighted by atomic mass is 9.45. The average Bonchev–Trinajstić information content (AvgIpc) is 3.44. The third-order valence-corrected chi connectivity index (χ3v) is 12.3. The van der Waals surface area contributed by atoms with E-state index in [0.29, 0.717) is 41.0 Å². The number of likely N-dealkylation sites (N-methyl/N-ethyl adjacent to an activating group) is 1. The quantitative estimate of drug-likeness (QED) is 0.202. The number of hydroxylamine groups is 2. The summed E-state index contributed by atoms with van der Waals surface area (Å²) in [6, 6.07) is 23.1. The van der Waals surface area contributed by atoms with E-state index in [4.69, 9.17) is 9.57 Å². The number of amides is 2. The highest BCUT2D eigenvalue weighted by Gasteiger charge is 2.57. The summed E-state index contributed by atoms with van der Waals surface area (Å²) in [5.41, 5.74) is 4.58. The van der Waals surface area contributed by atoms with Crippen molar-refractivity contribution in [2.45, 2.75) is 90.8 Å². The van der Waals surface area contributed by atoms with Crippen molar-refractivity contribution >= 4 is 11.8 Å². The molecule has 0 aromatic heterocycles. The molecule has 0 radical (unpaired) electrons. The van der Waals surface area contributed by atoms with Gasteiger partial charge in [0.2, 0.25) is 5.91 Å². The number of nitrogens with one attached hydrogen (secondary N) is 2. The summed E-state index contributed by atoms with van der Waals surface area (Å²) in [5, 5.41) is 19.3. The van der Waals surface area contributed by atoms with E-state index >= 15 is 0 Å². The minimum atomic E-state index is -0.737. The van der Waals surface area contributed by atoms with Gasteiger partial charge < -0.3 is 25.4 Å². The van der Waals surface area contributed by atoms with Gasteiger partial charge in [-0.3, -0.25) is 14.4 Å². The molecule has 9 atom stereocenters. The number of aliphatic hydroxyl groups is 1. The van der Waals surface area contributed by atoms with Crippen molar-refractivity contribution in [1.82, 2.24) is 20.6 Å². The highest BCUT2D eigenvalue weighted by molar-refractivity contribution is 5.96. The Morgan fingerprint density at radius 3 is 2.42 bits per heavy atom. The van der Waals surface area contributed by atoms with E-state index in [0.717, 1.165) is 29.5 Å². The lowest BCUT2D eigenvalue weighted by Crippen LogP contribution is -2.62. The maximum Gasteiger partial charge on any atom is 0.251 e. The number of fused-ring (bicyclic) bond motifs is 2. The lowest BCUT2D eigenvalue weighted by molar-refractivity contribution is -0.174. The third-order valence-electron chi connectivity index (χ3n) is 12.3. The van der Waals surface area contributed by atoms with Crippen LogP contribution in [0.2, 0.25) is 0 Å². The van der Waals surface area contributed by atoms with Crippen LogP contribution in [-0.4, -0.2) is 85.0 Å². The van der Waals surface area contributed by atoms with Crippen LogP contribution in [-0.2, 0) is 22.6 Å². The Kier molecular flexibility index (Phi) is 11.5. The molecule has 280 valence electrons. The molecule has 4 fully saturated rings. The van der Waals surface area contributed by atoms with Crippen LogP contribution in [0, 0.1) is 29.1 Å². The first-order valence-electron chi connectivity index (χ1n) is 19.0. The topological polar surface area (TPSA) is 103 Å². The molecular weight excluding hydrogens is 652 g/mol. The Hall–Kier alpha value is -3.76. The number of nitrogens with zero attached hydrogens (tertiary/aromatic N) is 2. The highest BCUT2D eigenvalue weighted by atomic mass is 16.7. The van der Waals surface area contributed by atoms with Gasteiger partial charge in [-0.25, -0.2) is 0 Å². The Labute approximate surface area is 310 Å². The number of carbonyl (C=O) groups excluding carboxylic acids is 2. The second-order valence-corrected chi connectivity index (χ2v) is 16.4. The summed E-state index contributed by atoms with van der Waals surface area (Å²) in [6.07, 6.45) is 1.86. The van der Waals surface area contributed by atoms with Gasteiger partial charge in [0.05, 0.1) is 25.9 Å². The number of rotatable bonds is 13. The van der Waals surface area contributed by atoms with Crippen LogP contribution in [0.3, 0.4) is 0 Å². The highest BCUT2D eigenvalue weighted by Crippen LogP contribution is 2.61. The second kappa shape index (κ2) is 15.7. The molecule has 3 aliphatic carbocycles. The van der Waals surface area contributed by atoms with Crippen LogP contribution in [0.5, 0.6) is 5.75 Å². The summed E-state index contributed by atoms with van der Waals surface area (Å²) in [5.74, 6) is 1.63. The molecule has 3 N–H and O–H groups in total. The third kappa shape index (κ3) is 7.79. The van der Waals surface area contributed by atoms with Crippen LogP contribution < -0.4 is 15.4 Å². The Morgan fingerprint density at radius 2 is 1.77 bits per heavy atom. The van der Waals surface area contributed by atoms with E-state index in [1.54, 1.807) is 19.1 Å². The number of hydrogen-bond acceptors (Lipinski definition) is 7. The molecule has 9 heteroatoms. The van der Waals surface area contributed by atoms with Crippen LogP contribution in [0.4, 0.5) is 0 Å². The molecule has 1 aliphatic heterocycles. The largest absolute Gasteiger partial charge is 0.496 e. The van der Waals surface area contributed by atoms with Gasteiger partial charge in [0.1, 0.15) is 11.8 Å². The predicted octanol–water partition coefficient (Wildman–Crippen LogP) is 5.95. The van der Waals surface area contributed by atoms with Gasteiger partial charge in [0.15, 0.2) is 0 Å². The Balaban J connectivity index is 1.21. The van der Waals surface area contributed by atoms with Crippen molar-refractivity contribution in [1.29, 1.82) is 0 Å².